The SMILES string of the molecule is C\C=C/C=C\C=C\[C@@H]1CCNC[C@@H]1C(=O)O. The van der Waals surface area contributed by atoms with Crippen LogP contribution in [-0.4, -0.2) is 24.2 Å². The molecule has 88 valence electrons. The van der Waals surface area contributed by atoms with E-state index in [9.17, 15) is 4.79 Å². The number of rotatable bonds is 4. The summed E-state index contributed by atoms with van der Waals surface area (Å²) in [4.78, 5) is 11.0. The first kappa shape index (κ1) is 12.7. The van der Waals surface area contributed by atoms with Gasteiger partial charge in [0.15, 0.2) is 0 Å². The van der Waals surface area contributed by atoms with Crippen LogP contribution in [0, 0.1) is 11.8 Å². The predicted molar refractivity (Wildman–Crippen MR) is 65.2 cm³/mol. The Labute approximate surface area is 96.5 Å². The molecule has 0 spiro atoms. The topological polar surface area (TPSA) is 49.3 Å². The summed E-state index contributed by atoms with van der Waals surface area (Å²) >= 11 is 0. The minimum Gasteiger partial charge on any atom is -0.481 e. The second-order valence-corrected chi connectivity index (χ2v) is 3.90. The van der Waals surface area contributed by atoms with E-state index in [-0.39, 0.29) is 11.8 Å². The number of hydrogen-bond donors (Lipinski definition) is 2. The van der Waals surface area contributed by atoms with Crippen LogP contribution >= 0.6 is 0 Å². The first-order chi connectivity index (χ1) is 7.75. The van der Waals surface area contributed by atoms with E-state index < -0.39 is 5.97 Å². The van der Waals surface area contributed by atoms with E-state index >= 15 is 0 Å². The maximum absolute atomic E-state index is 11.0. The van der Waals surface area contributed by atoms with Gasteiger partial charge in [-0.15, -0.1) is 0 Å². The predicted octanol–water partition coefficient (Wildman–Crippen LogP) is 1.99. The molecule has 0 aromatic rings. The third-order valence-electron chi connectivity index (χ3n) is 2.74. The molecule has 1 fully saturated rings. The summed E-state index contributed by atoms with van der Waals surface area (Å²) < 4.78 is 0. The smallest absolute Gasteiger partial charge is 0.308 e. The highest BCUT2D eigenvalue weighted by Crippen LogP contribution is 2.20. The van der Waals surface area contributed by atoms with Crippen LogP contribution in [0.15, 0.2) is 36.5 Å². The van der Waals surface area contributed by atoms with Crippen LogP contribution in [0.2, 0.25) is 0 Å². The van der Waals surface area contributed by atoms with Gasteiger partial charge in [0.1, 0.15) is 0 Å². The van der Waals surface area contributed by atoms with Gasteiger partial charge < -0.3 is 10.4 Å². The molecule has 0 radical (unpaired) electrons. The lowest BCUT2D eigenvalue weighted by molar-refractivity contribution is -0.143. The zero-order valence-corrected chi connectivity index (χ0v) is 9.60. The summed E-state index contributed by atoms with van der Waals surface area (Å²) in [7, 11) is 0. The van der Waals surface area contributed by atoms with Gasteiger partial charge in [-0.1, -0.05) is 36.5 Å². The summed E-state index contributed by atoms with van der Waals surface area (Å²) in [6, 6.07) is 0. The number of carboxylic acids is 1. The third-order valence-corrected chi connectivity index (χ3v) is 2.74. The van der Waals surface area contributed by atoms with E-state index in [1.54, 1.807) is 0 Å². The molecule has 0 saturated carbocycles. The van der Waals surface area contributed by atoms with Crippen molar-refractivity contribution in [3.8, 4) is 0 Å². The molecule has 16 heavy (non-hydrogen) atoms. The molecule has 0 aromatic heterocycles. The number of hydrogen-bond acceptors (Lipinski definition) is 2. The summed E-state index contributed by atoms with van der Waals surface area (Å²) in [6.45, 7) is 3.43. The standard InChI is InChI=1S/C13H19NO2/c1-2-3-4-5-6-7-11-8-9-14-10-12(11)13(15)16/h2-7,11-12,14H,8-10H2,1H3,(H,15,16)/b3-2-,5-4-,7-6+/t11-,12+/m1/s1. The fraction of sp³-hybridized carbons (Fsp3) is 0.462. The lowest BCUT2D eigenvalue weighted by Crippen LogP contribution is -2.40. The van der Waals surface area contributed by atoms with Crippen LogP contribution in [0.1, 0.15) is 13.3 Å². The number of nitrogens with one attached hydrogen (secondary N) is 1. The van der Waals surface area contributed by atoms with Gasteiger partial charge in [-0.05, 0) is 25.8 Å². The maximum Gasteiger partial charge on any atom is 0.308 e. The van der Waals surface area contributed by atoms with E-state index in [1.807, 2.05) is 43.4 Å². The fourth-order valence-electron chi connectivity index (χ4n) is 1.83. The van der Waals surface area contributed by atoms with Crippen molar-refractivity contribution in [3.05, 3.63) is 36.5 Å². The van der Waals surface area contributed by atoms with Crippen LogP contribution in [0.25, 0.3) is 0 Å². The van der Waals surface area contributed by atoms with Crippen LogP contribution < -0.4 is 5.32 Å². The minimum atomic E-state index is -0.709. The zero-order valence-electron chi connectivity index (χ0n) is 9.60. The average Bonchev–Trinajstić information content (AvgIpc) is 2.29. The molecule has 1 aliphatic rings. The second kappa shape index (κ2) is 7.01. The minimum absolute atomic E-state index is 0.147. The van der Waals surface area contributed by atoms with E-state index in [2.05, 4.69) is 5.32 Å². The van der Waals surface area contributed by atoms with Crippen molar-refractivity contribution in [2.24, 2.45) is 11.8 Å². The molecule has 1 saturated heterocycles. The van der Waals surface area contributed by atoms with Crippen molar-refractivity contribution in [3.63, 3.8) is 0 Å². The summed E-state index contributed by atoms with van der Waals surface area (Å²) in [5, 5.41) is 12.2. The number of allylic oxidation sites excluding steroid dienone is 6. The molecular weight excluding hydrogens is 202 g/mol. The largest absolute Gasteiger partial charge is 0.481 e. The van der Waals surface area contributed by atoms with E-state index in [0.717, 1.165) is 13.0 Å². The van der Waals surface area contributed by atoms with E-state index in [1.165, 1.54) is 0 Å². The number of aliphatic carboxylic acids is 1. The number of carboxylic acid groups (broad SMARTS) is 1. The molecule has 3 nitrogen and oxygen atoms in total. The van der Waals surface area contributed by atoms with Gasteiger partial charge in [-0.3, -0.25) is 4.79 Å². The molecule has 0 unspecified atom stereocenters. The lowest BCUT2D eigenvalue weighted by Gasteiger charge is -2.26. The highest BCUT2D eigenvalue weighted by molar-refractivity contribution is 5.71. The monoisotopic (exact) mass is 221 g/mol. The first-order valence-corrected chi connectivity index (χ1v) is 5.65. The number of piperidine rings is 1. The molecule has 2 atom stereocenters. The van der Waals surface area contributed by atoms with Crippen molar-refractivity contribution >= 4 is 5.97 Å². The molecule has 1 heterocycles. The normalized spacial score (nSPS) is 27.1. The van der Waals surface area contributed by atoms with Crippen molar-refractivity contribution in [2.45, 2.75) is 13.3 Å². The molecule has 0 bridgehead atoms. The van der Waals surface area contributed by atoms with E-state index in [4.69, 9.17) is 5.11 Å². The van der Waals surface area contributed by atoms with Gasteiger partial charge in [0.25, 0.3) is 0 Å². The first-order valence-electron chi connectivity index (χ1n) is 5.65. The van der Waals surface area contributed by atoms with E-state index in [0.29, 0.717) is 6.54 Å². The Hall–Kier alpha value is -1.35. The summed E-state index contributed by atoms with van der Waals surface area (Å²) in [5.74, 6) is -0.853. The van der Waals surface area contributed by atoms with Gasteiger partial charge in [-0.2, -0.15) is 0 Å². The van der Waals surface area contributed by atoms with Crippen molar-refractivity contribution in [1.29, 1.82) is 0 Å². The molecule has 0 aliphatic carbocycles. The van der Waals surface area contributed by atoms with Crippen LogP contribution in [0.4, 0.5) is 0 Å². The molecule has 2 N–H and O–H groups in total. The van der Waals surface area contributed by atoms with Gasteiger partial charge >= 0.3 is 5.97 Å². The molecule has 0 aromatic carbocycles. The lowest BCUT2D eigenvalue weighted by atomic mass is 9.86. The molecule has 1 rings (SSSR count). The molecule has 3 heteroatoms. The highest BCUT2D eigenvalue weighted by Gasteiger charge is 2.28. The quantitative estimate of drug-likeness (QED) is 0.714. The Kier molecular flexibility index (Phi) is 5.57. The highest BCUT2D eigenvalue weighted by atomic mass is 16.4. The third kappa shape index (κ3) is 4.03. The van der Waals surface area contributed by atoms with Crippen LogP contribution in [0.5, 0.6) is 0 Å². The van der Waals surface area contributed by atoms with Gasteiger partial charge in [0, 0.05) is 6.54 Å². The van der Waals surface area contributed by atoms with Crippen molar-refractivity contribution in [2.75, 3.05) is 13.1 Å². The molecule has 0 amide bonds. The van der Waals surface area contributed by atoms with Gasteiger partial charge in [0.2, 0.25) is 0 Å². The van der Waals surface area contributed by atoms with Crippen LogP contribution in [-0.2, 0) is 4.79 Å². The maximum atomic E-state index is 11.0. The summed E-state index contributed by atoms with van der Waals surface area (Å²) in [6.07, 6.45) is 12.6. The van der Waals surface area contributed by atoms with Gasteiger partial charge in [-0.25, -0.2) is 0 Å². The Balaban J connectivity index is 2.52. The van der Waals surface area contributed by atoms with Crippen LogP contribution in [0.3, 0.4) is 0 Å². The Morgan fingerprint density at radius 1 is 1.31 bits per heavy atom. The zero-order chi connectivity index (χ0) is 11.8. The second-order valence-electron chi connectivity index (χ2n) is 3.90. The Morgan fingerprint density at radius 3 is 2.75 bits per heavy atom. The molecule has 1 aliphatic heterocycles. The van der Waals surface area contributed by atoms with Crippen molar-refractivity contribution in [1.82, 2.24) is 5.32 Å². The average molecular weight is 221 g/mol. The molecular formula is C13H19NO2. The number of carbonyl (C=O) groups is 1. The van der Waals surface area contributed by atoms with Gasteiger partial charge in [0.05, 0.1) is 5.92 Å². The Morgan fingerprint density at radius 2 is 2.06 bits per heavy atom. The van der Waals surface area contributed by atoms with Crippen molar-refractivity contribution < 1.29 is 9.90 Å². The Bertz CT molecular complexity index is 305. The summed E-state index contributed by atoms with van der Waals surface area (Å²) in [5.41, 5.74) is 0. The fourth-order valence-corrected chi connectivity index (χ4v) is 1.83.